The number of nitrogen functional groups attached to an aromatic ring is 1. The lowest BCUT2D eigenvalue weighted by atomic mass is 10.3. The van der Waals surface area contributed by atoms with Gasteiger partial charge in [0.25, 0.3) is 0 Å². The first kappa shape index (κ1) is 11.5. The van der Waals surface area contributed by atoms with Gasteiger partial charge in [0.2, 0.25) is 0 Å². The van der Waals surface area contributed by atoms with Crippen LogP contribution in [0.25, 0.3) is 0 Å². The first-order valence-electron chi connectivity index (χ1n) is 5.45. The van der Waals surface area contributed by atoms with Gasteiger partial charge in [-0.2, -0.15) is 0 Å². The van der Waals surface area contributed by atoms with E-state index in [1.54, 1.807) is 12.1 Å². The van der Waals surface area contributed by atoms with Crippen molar-refractivity contribution in [2.24, 2.45) is 0 Å². The van der Waals surface area contributed by atoms with Gasteiger partial charge in [-0.3, -0.25) is 0 Å². The number of ether oxygens (including phenoxy) is 1. The molecule has 1 atom stereocenters. The molecule has 0 saturated carbocycles. The average Bonchev–Trinajstić information content (AvgIpc) is 2.46. The number of rotatable bonds is 1. The molecule has 0 spiro atoms. The maximum Gasteiger partial charge on any atom is 0.153 e. The van der Waals surface area contributed by atoms with Crippen LogP contribution >= 0.6 is 11.6 Å². The van der Waals surface area contributed by atoms with Crippen LogP contribution in [0.5, 0.6) is 0 Å². The summed E-state index contributed by atoms with van der Waals surface area (Å²) in [7, 11) is 0. The van der Waals surface area contributed by atoms with Gasteiger partial charge >= 0.3 is 0 Å². The first-order chi connectivity index (χ1) is 7.66. The molecule has 1 aliphatic rings. The Morgan fingerprint density at radius 1 is 1.56 bits per heavy atom. The summed E-state index contributed by atoms with van der Waals surface area (Å²) in [5, 5.41) is 0.474. The van der Waals surface area contributed by atoms with Gasteiger partial charge in [0, 0.05) is 19.7 Å². The molecular weight excluding hydrogens is 226 g/mol. The van der Waals surface area contributed by atoms with Crippen LogP contribution in [0.3, 0.4) is 0 Å². The maximum absolute atomic E-state index is 5.91. The molecule has 0 aliphatic carbocycles. The van der Waals surface area contributed by atoms with E-state index in [0.717, 1.165) is 31.9 Å². The minimum Gasteiger partial charge on any atom is -0.396 e. The number of nitrogens with zero attached hydrogens (tertiary/aromatic N) is 2. The van der Waals surface area contributed by atoms with E-state index in [1.165, 1.54) is 0 Å². The Kier molecular flexibility index (Phi) is 3.51. The molecule has 0 bridgehead atoms. The number of pyridine rings is 1. The number of hydrogen-bond donors (Lipinski definition) is 1. The minimum absolute atomic E-state index is 0.197. The first-order valence-corrected chi connectivity index (χ1v) is 5.83. The largest absolute Gasteiger partial charge is 0.396 e. The van der Waals surface area contributed by atoms with E-state index in [2.05, 4.69) is 16.8 Å². The van der Waals surface area contributed by atoms with E-state index in [9.17, 15) is 0 Å². The normalized spacial score (nSPS) is 21.9. The molecule has 4 nitrogen and oxygen atoms in total. The Hall–Kier alpha value is -1.00. The highest BCUT2D eigenvalue weighted by molar-refractivity contribution is 6.29. The number of aromatic nitrogens is 1. The second kappa shape index (κ2) is 4.89. The number of nitrogens with two attached hydrogens (primary N) is 1. The molecule has 1 aromatic rings. The molecule has 0 aromatic carbocycles. The summed E-state index contributed by atoms with van der Waals surface area (Å²) in [5.41, 5.74) is 6.58. The predicted octanol–water partition coefficient (Wildman–Crippen LogP) is 1.93. The third kappa shape index (κ3) is 2.57. The van der Waals surface area contributed by atoms with E-state index in [-0.39, 0.29) is 6.10 Å². The minimum atomic E-state index is 0.197. The number of halogens is 1. The summed E-state index contributed by atoms with van der Waals surface area (Å²) >= 11 is 5.89. The fourth-order valence-corrected chi connectivity index (χ4v) is 2.02. The molecule has 1 saturated heterocycles. The average molecular weight is 242 g/mol. The van der Waals surface area contributed by atoms with Crippen LogP contribution in [0, 0.1) is 0 Å². The van der Waals surface area contributed by atoms with Crippen molar-refractivity contribution in [2.45, 2.75) is 19.4 Å². The zero-order valence-electron chi connectivity index (χ0n) is 9.32. The molecule has 0 amide bonds. The molecule has 2 rings (SSSR count). The van der Waals surface area contributed by atoms with Crippen molar-refractivity contribution >= 4 is 23.1 Å². The fraction of sp³-hybridized carbons (Fsp3) is 0.545. The number of anilines is 2. The fourth-order valence-electron chi connectivity index (χ4n) is 1.88. The Bertz CT molecular complexity index is 372. The molecule has 1 fully saturated rings. The van der Waals surface area contributed by atoms with Gasteiger partial charge in [-0.05, 0) is 25.5 Å². The Labute approximate surface area is 100 Å². The van der Waals surface area contributed by atoms with Crippen molar-refractivity contribution in [1.82, 2.24) is 4.98 Å². The van der Waals surface area contributed by atoms with Crippen LogP contribution in [0.1, 0.15) is 13.3 Å². The highest BCUT2D eigenvalue weighted by Crippen LogP contribution is 2.24. The van der Waals surface area contributed by atoms with Crippen LogP contribution in [0.2, 0.25) is 5.15 Å². The van der Waals surface area contributed by atoms with Gasteiger partial charge in [0.1, 0.15) is 5.15 Å². The van der Waals surface area contributed by atoms with E-state index in [0.29, 0.717) is 10.8 Å². The van der Waals surface area contributed by atoms with Gasteiger partial charge in [0.05, 0.1) is 11.8 Å². The van der Waals surface area contributed by atoms with Crippen molar-refractivity contribution in [3.63, 3.8) is 0 Å². The Balaban J connectivity index is 2.24. The zero-order chi connectivity index (χ0) is 11.5. The van der Waals surface area contributed by atoms with Crippen LogP contribution in [0.4, 0.5) is 11.5 Å². The van der Waals surface area contributed by atoms with E-state index in [4.69, 9.17) is 22.1 Å². The van der Waals surface area contributed by atoms with Gasteiger partial charge in [-0.25, -0.2) is 4.98 Å². The molecule has 2 N–H and O–H groups in total. The zero-order valence-corrected chi connectivity index (χ0v) is 10.1. The van der Waals surface area contributed by atoms with Crippen LogP contribution in [0.15, 0.2) is 12.1 Å². The summed E-state index contributed by atoms with van der Waals surface area (Å²) < 4.78 is 5.58. The summed E-state index contributed by atoms with van der Waals surface area (Å²) in [6.07, 6.45) is 1.18. The molecule has 88 valence electrons. The molecule has 2 heterocycles. The van der Waals surface area contributed by atoms with Crippen molar-refractivity contribution in [3.8, 4) is 0 Å². The molecule has 1 aliphatic heterocycles. The highest BCUT2D eigenvalue weighted by atomic mass is 35.5. The van der Waals surface area contributed by atoms with Crippen molar-refractivity contribution < 1.29 is 4.74 Å². The SMILES string of the molecule is CC1CN(c2nc(Cl)ccc2N)CCCO1. The lowest BCUT2D eigenvalue weighted by Gasteiger charge is -2.24. The quantitative estimate of drug-likeness (QED) is 0.764. The molecule has 16 heavy (non-hydrogen) atoms. The van der Waals surface area contributed by atoms with Gasteiger partial charge in [-0.1, -0.05) is 11.6 Å². The predicted molar refractivity (Wildman–Crippen MR) is 65.9 cm³/mol. The van der Waals surface area contributed by atoms with Gasteiger partial charge in [-0.15, -0.1) is 0 Å². The smallest absolute Gasteiger partial charge is 0.153 e. The highest BCUT2D eigenvalue weighted by Gasteiger charge is 2.18. The van der Waals surface area contributed by atoms with Crippen molar-refractivity contribution in [3.05, 3.63) is 17.3 Å². The van der Waals surface area contributed by atoms with Gasteiger partial charge in [0.15, 0.2) is 5.82 Å². The third-order valence-electron chi connectivity index (χ3n) is 2.62. The van der Waals surface area contributed by atoms with Crippen LogP contribution < -0.4 is 10.6 Å². The Morgan fingerprint density at radius 2 is 2.38 bits per heavy atom. The maximum atomic E-state index is 5.91. The molecule has 1 aromatic heterocycles. The molecule has 0 radical (unpaired) electrons. The van der Waals surface area contributed by atoms with Crippen molar-refractivity contribution in [1.29, 1.82) is 0 Å². The van der Waals surface area contributed by atoms with E-state index in [1.807, 2.05) is 0 Å². The monoisotopic (exact) mass is 241 g/mol. The summed E-state index contributed by atoms with van der Waals surface area (Å²) in [5.74, 6) is 0.768. The second-order valence-electron chi connectivity index (χ2n) is 4.03. The van der Waals surface area contributed by atoms with E-state index < -0.39 is 0 Å². The van der Waals surface area contributed by atoms with Crippen molar-refractivity contribution in [2.75, 3.05) is 30.3 Å². The van der Waals surface area contributed by atoms with Crippen LogP contribution in [-0.2, 0) is 4.74 Å². The van der Waals surface area contributed by atoms with Gasteiger partial charge < -0.3 is 15.4 Å². The summed E-state index contributed by atoms with van der Waals surface area (Å²) in [6, 6.07) is 3.50. The molecule has 5 heteroatoms. The number of hydrogen-bond acceptors (Lipinski definition) is 4. The third-order valence-corrected chi connectivity index (χ3v) is 2.83. The topological polar surface area (TPSA) is 51.4 Å². The molecular formula is C11H16ClN3O. The van der Waals surface area contributed by atoms with Crippen LogP contribution in [-0.4, -0.2) is 30.8 Å². The van der Waals surface area contributed by atoms with E-state index >= 15 is 0 Å². The molecule has 1 unspecified atom stereocenters. The standard InChI is InChI=1S/C11H16ClN3O/c1-8-7-15(5-2-6-16-8)11-9(13)3-4-10(12)14-11/h3-4,8H,2,5-7,13H2,1H3. The lowest BCUT2D eigenvalue weighted by Crippen LogP contribution is -2.31. The Morgan fingerprint density at radius 3 is 3.19 bits per heavy atom. The lowest BCUT2D eigenvalue weighted by molar-refractivity contribution is 0.0820. The summed E-state index contributed by atoms with van der Waals surface area (Å²) in [4.78, 5) is 6.42. The second-order valence-corrected chi connectivity index (χ2v) is 4.42. The summed E-state index contributed by atoms with van der Waals surface area (Å²) in [6.45, 7) is 4.55.